The Morgan fingerprint density at radius 1 is 1.24 bits per heavy atom. The van der Waals surface area contributed by atoms with Gasteiger partial charge in [-0.05, 0) is 44.0 Å². The van der Waals surface area contributed by atoms with Crippen LogP contribution in [-0.4, -0.2) is 42.5 Å². The zero-order valence-electron chi connectivity index (χ0n) is 12.4. The summed E-state index contributed by atoms with van der Waals surface area (Å²) < 4.78 is 4.77. The first kappa shape index (κ1) is 15.0. The second kappa shape index (κ2) is 5.95. The number of amides is 3. The number of aryl methyl sites for hydroxylation is 2. The molecule has 0 radical (unpaired) electrons. The minimum Gasteiger partial charge on any atom is -0.465 e. The summed E-state index contributed by atoms with van der Waals surface area (Å²) in [5.74, 6) is -0.979. The number of hydrogen-bond donors (Lipinski definition) is 0. The Morgan fingerprint density at radius 2 is 1.95 bits per heavy atom. The molecule has 1 fully saturated rings. The van der Waals surface area contributed by atoms with E-state index in [2.05, 4.69) is 0 Å². The summed E-state index contributed by atoms with van der Waals surface area (Å²) in [6.45, 7) is 5.41. The number of benzene rings is 1. The molecule has 1 aliphatic heterocycles. The molecule has 0 aliphatic carbocycles. The molecule has 0 aromatic heterocycles. The summed E-state index contributed by atoms with van der Waals surface area (Å²) in [6.07, 6.45) is 0. The van der Waals surface area contributed by atoms with Crippen LogP contribution < -0.4 is 4.90 Å². The summed E-state index contributed by atoms with van der Waals surface area (Å²) in [4.78, 5) is 37.9. The number of nitrogens with zero attached hydrogens (tertiary/aromatic N) is 2. The minimum absolute atomic E-state index is 0.0548. The molecule has 112 valence electrons. The molecule has 6 nitrogen and oxygen atoms in total. The van der Waals surface area contributed by atoms with Crippen molar-refractivity contribution in [3.8, 4) is 0 Å². The Labute approximate surface area is 123 Å². The van der Waals surface area contributed by atoms with Crippen LogP contribution in [0, 0.1) is 13.8 Å². The first-order valence-corrected chi connectivity index (χ1v) is 6.78. The van der Waals surface area contributed by atoms with Crippen LogP contribution in [0.5, 0.6) is 0 Å². The van der Waals surface area contributed by atoms with E-state index in [9.17, 15) is 14.4 Å². The van der Waals surface area contributed by atoms with Gasteiger partial charge in [0.1, 0.15) is 13.1 Å². The molecule has 0 spiro atoms. The zero-order chi connectivity index (χ0) is 15.6. The van der Waals surface area contributed by atoms with Gasteiger partial charge in [0.25, 0.3) is 5.91 Å². The van der Waals surface area contributed by atoms with Gasteiger partial charge in [-0.1, -0.05) is 6.07 Å². The van der Waals surface area contributed by atoms with Crippen LogP contribution in [-0.2, 0) is 14.3 Å². The molecule has 1 heterocycles. The van der Waals surface area contributed by atoms with E-state index in [-0.39, 0.29) is 19.7 Å². The van der Waals surface area contributed by atoms with Crippen molar-refractivity contribution >= 4 is 23.6 Å². The number of esters is 1. The molecule has 1 aliphatic rings. The lowest BCUT2D eigenvalue weighted by Crippen LogP contribution is -2.37. The average Bonchev–Trinajstić information content (AvgIpc) is 2.70. The Hall–Kier alpha value is -2.37. The van der Waals surface area contributed by atoms with Crippen LogP contribution in [0.25, 0.3) is 0 Å². The van der Waals surface area contributed by atoms with Crippen molar-refractivity contribution in [3.05, 3.63) is 29.3 Å². The first-order valence-electron chi connectivity index (χ1n) is 6.78. The smallest absolute Gasteiger partial charge is 0.332 e. The van der Waals surface area contributed by atoms with Gasteiger partial charge in [0, 0.05) is 5.69 Å². The van der Waals surface area contributed by atoms with Crippen LogP contribution in [0.1, 0.15) is 18.1 Å². The van der Waals surface area contributed by atoms with E-state index >= 15 is 0 Å². The molecule has 1 aromatic carbocycles. The monoisotopic (exact) mass is 290 g/mol. The molecule has 0 unspecified atom stereocenters. The number of carbonyl (C=O) groups is 3. The number of imide groups is 1. The lowest BCUT2D eigenvalue weighted by Gasteiger charge is -2.17. The second-order valence-corrected chi connectivity index (χ2v) is 4.92. The van der Waals surface area contributed by atoms with Crippen LogP contribution >= 0.6 is 0 Å². The van der Waals surface area contributed by atoms with Crippen LogP contribution in [0.2, 0.25) is 0 Å². The van der Waals surface area contributed by atoms with Gasteiger partial charge in [-0.15, -0.1) is 0 Å². The Morgan fingerprint density at radius 3 is 2.57 bits per heavy atom. The highest BCUT2D eigenvalue weighted by Crippen LogP contribution is 2.23. The van der Waals surface area contributed by atoms with E-state index in [4.69, 9.17) is 4.74 Å². The summed E-state index contributed by atoms with van der Waals surface area (Å²) in [5.41, 5.74) is 2.81. The average molecular weight is 290 g/mol. The van der Waals surface area contributed by atoms with Gasteiger partial charge in [-0.25, -0.2) is 4.79 Å². The number of hydrogen-bond acceptors (Lipinski definition) is 4. The van der Waals surface area contributed by atoms with Crippen molar-refractivity contribution < 1.29 is 19.1 Å². The van der Waals surface area contributed by atoms with E-state index in [1.807, 2.05) is 26.0 Å². The molecule has 2 rings (SSSR count). The van der Waals surface area contributed by atoms with E-state index in [0.717, 1.165) is 16.0 Å². The van der Waals surface area contributed by atoms with Gasteiger partial charge in [0.15, 0.2) is 0 Å². The number of carbonyl (C=O) groups excluding carboxylic acids is 3. The van der Waals surface area contributed by atoms with Gasteiger partial charge >= 0.3 is 12.0 Å². The third-order valence-corrected chi connectivity index (χ3v) is 3.45. The molecular formula is C15H18N2O4. The maximum atomic E-state index is 12.3. The van der Waals surface area contributed by atoms with E-state index in [1.165, 1.54) is 4.90 Å². The van der Waals surface area contributed by atoms with Crippen LogP contribution in [0.3, 0.4) is 0 Å². The van der Waals surface area contributed by atoms with Gasteiger partial charge in [0.05, 0.1) is 6.61 Å². The summed E-state index contributed by atoms with van der Waals surface area (Å²) >= 11 is 0. The minimum atomic E-state index is -0.582. The molecule has 1 aromatic rings. The zero-order valence-corrected chi connectivity index (χ0v) is 12.4. The molecule has 0 atom stereocenters. The molecule has 3 amide bonds. The third-order valence-electron chi connectivity index (χ3n) is 3.45. The van der Waals surface area contributed by atoms with Crippen molar-refractivity contribution in [1.82, 2.24) is 4.90 Å². The Bertz CT molecular complexity index is 597. The standard InChI is InChI=1S/C15H18N2O4/c1-4-21-14(19)9-17-13(18)8-16(15(17)20)12-6-5-10(2)11(3)7-12/h5-7H,4,8-9H2,1-3H3. The predicted molar refractivity (Wildman–Crippen MR) is 77.0 cm³/mol. The fourth-order valence-corrected chi connectivity index (χ4v) is 2.13. The normalized spacial score (nSPS) is 14.8. The highest BCUT2D eigenvalue weighted by Gasteiger charge is 2.38. The lowest BCUT2D eigenvalue weighted by molar-refractivity contribution is -0.146. The van der Waals surface area contributed by atoms with Gasteiger partial charge in [0.2, 0.25) is 0 Å². The molecule has 6 heteroatoms. The SMILES string of the molecule is CCOC(=O)CN1C(=O)CN(c2ccc(C)c(C)c2)C1=O. The highest BCUT2D eigenvalue weighted by molar-refractivity contribution is 6.13. The van der Waals surface area contributed by atoms with Crippen molar-refractivity contribution in [3.63, 3.8) is 0 Å². The predicted octanol–water partition coefficient (Wildman–Crippen LogP) is 1.64. The number of urea groups is 1. The van der Waals surface area contributed by atoms with Crippen LogP contribution in [0.15, 0.2) is 18.2 Å². The fourth-order valence-electron chi connectivity index (χ4n) is 2.13. The third kappa shape index (κ3) is 3.04. The molecular weight excluding hydrogens is 272 g/mol. The molecule has 0 N–H and O–H groups in total. The number of anilines is 1. The van der Waals surface area contributed by atoms with E-state index in [1.54, 1.807) is 13.0 Å². The summed E-state index contributed by atoms with van der Waals surface area (Å²) in [5, 5.41) is 0. The maximum absolute atomic E-state index is 12.3. The highest BCUT2D eigenvalue weighted by atomic mass is 16.5. The molecule has 21 heavy (non-hydrogen) atoms. The second-order valence-electron chi connectivity index (χ2n) is 4.92. The maximum Gasteiger partial charge on any atom is 0.332 e. The number of ether oxygens (including phenoxy) is 1. The van der Waals surface area contributed by atoms with E-state index in [0.29, 0.717) is 5.69 Å². The molecule has 0 bridgehead atoms. The van der Waals surface area contributed by atoms with Crippen molar-refractivity contribution in [2.24, 2.45) is 0 Å². The Balaban J connectivity index is 2.17. The summed E-state index contributed by atoms with van der Waals surface area (Å²) in [6, 6.07) is 5.06. The number of rotatable bonds is 4. The lowest BCUT2D eigenvalue weighted by atomic mass is 10.1. The Kier molecular flexibility index (Phi) is 4.26. The van der Waals surface area contributed by atoms with Crippen LogP contribution in [0.4, 0.5) is 10.5 Å². The van der Waals surface area contributed by atoms with Crippen molar-refractivity contribution in [1.29, 1.82) is 0 Å². The van der Waals surface area contributed by atoms with Gasteiger partial charge in [-0.2, -0.15) is 0 Å². The topological polar surface area (TPSA) is 66.9 Å². The van der Waals surface area contributed by atoms with Gasteiger partial charge in [-0.3, -0.25) is 19.4 Å². The molecule has 0 saturated carbocycles. The quantitative estimate of drug-likeness (QED) is 0.624. The van der Waals surface area contributed by atoms with E-state index < -0.39 is 17.9 Å². The van der Waals surface area contributed by atoms with Crippen molar-refractivity contribution in [2.45, 2.75) is 20.8 Å². The van der Waals surface area contributed by atoms with Gasteiger partial charge < -0.3 is 4.74 Å². The summed E-state index contributed by atoms with van der Waals surface area (Å²) in [7, 11) is 0. The fraction of sp³-hybridized carbons (Fsp3) is 0.400. The first-order chi connectivity index (χ1) is 9.93. The molecule has 1 saturated heterocycles. The largest absolute Gasteiger partial charge is 0.465 e. The van der Waals surface area contributed by atoms with Crippen molar-refractivity contribution in [2.75, 3.05) is 24.6 Å².